The van der Waals surface area contributed by atoms with Crippen LogP contribution in [0.15, 0.2) is 23.2 Å². The Balaban J connectivity index is 1.84. The summed E-state index contributed by atoms with van der Waals surface area (Å²) in [6.07, 6.45) is 8.84. The summed E-state index contributed by atoms with van der Waals surface area (Å²) in [6, 6.07) is 3.10. The summed E-state index contributed by atoms with van der Waals surface area (Å²) >= 11 is 0. The zero-order chi connectivity index (χ0) is 15.1. The normalized spacial score (nSPS) is 16.2. The van der Waals surface area contributed by atoms with Crippen molar-refractivity contribution < 1.29 is 8.42 Å². The molecule has 1 saturated carbocycles. The first kappa shape index (κ1) is 16.2. The van der Waals surface area contributed by atoms with Crippen molar-refractivity contribution in [1.82, 2.24) is 9.71 Å². The topological polar surface area (TPSA) is 71.1 Å². The van der Waals surface area contributed by atoms with E-state index in [9.17, 15) is 8.42 Å². The van der Waals surface area contributed by atoms with Crippen molar-refractivity contribution in [2.75, 3.05) is 18.4 Å². The molecule has 1 aliphatic rings. The van der Waals surface area contributed by atoms with E-state index >= 15 is 0 Å². The lowest BCUT2D eigenvalue weighted by atomic mass is 10.0. The standard InChI is InChI=1S/C15H25N3O2S/c1-2-16-15-12-14(9-11-17-15)21(19,20)18-10-5-8-13-6-3-4-7-13/h9,11-13,18H,2-8,10H2,1H3,(H,16,17). The van der Waals surface area contributed by atoms with E-state index in [1.807, 2.05) is 6.92 Å². The smallest absolute Gasteiger partial charge is 0.240 e. The molecule has 6 heteroatoms. The fourth-order valence-electron chi connectivity index (χ4n) is 2.84. The average Bonchev–Trinajstić information content (AvgIpc) is 2.98. The third-order valence-electron chi connectivity index (χ3n) is 3.96. The van der Waals surface area contributed by atoms with Crippen molar-refractivity contribution in [3.8, 4) is 0 Å². The zero-order valence-corrected chi connectivity index (χ0v) is 13.5. The number of nitrogens with zero attached hydrogens (tertiary/aromatic N) is 1. The van der Waals surface area contributed by atoms with Gasteiger partial charge < -0.3 is 5.32 Å². The Morgan fingerprint density at radius 2 is 2.10 bits per heavy atom. The van der Waals surface area contributed by atoms with Gasteiger partial charge in [0, 0.05) is 25.4 Å². The average molecular weight is 311 g/mol. The lowest BCUT2D eigenvalue weighted by Gasteiger charge is -2.10. The molecule has 118 valence electrons. The van der Waals surface area contributed by atoms with Crippen molar-refractivity contribution >= 4 is 15.8 Å². The summed E-state index contributed by atoms with van der Waals surface area (Å²) in [5.74, 6) is 1.39. The van der Waals surface area contributed by atoms with Gasteiger partial charge in [0.15, 0.2) is 0 Å². The van der Waals surface area contributed by atoms with Gasteiger partial charge in [0.25, 0.3) is 0 Å². The van der Waals surface area contributed by atoms with Gasteiger partial charge in [-0.15, -0.1) is 0 Å². The molecule has 21 heavy (non-hydrogen) atoms. The first-order valence-electron chi connectivity index (χ1n) is 7.81. The molecule has 0 spiro atoms. The predicted molar refractivity (Wildman–Crippen MR) is 84.8 cm³/mol. The minimum absolute atomic E-state index is 0.273. The van der Waals surface area contributed by atoms with Crippen LogP contribution in [-0.4, -0.2) is 26.5 Å². The molecule has 1 heterocycles. The van der Waals surface area contributed by atoms with E-state index in [1.165, 1.54) is 37.9 Å². The molecular weight excluding hydrogens is 286 g/mol. The zero-order valence-electron chi connectivity index (χ0n) is 12.6. The second-order valence-electron chi connectivity index (χ2n) is 5.60. The third kappa shape index (κ3) is 4.97. The summed E-state index contributed by atoms with van der Waals surface area (Å²) in [7, 11) is -3.43. The first-order valence-corrected chi connectivity index (χ1v) is 9.29. The molecule has 2 N–H and O–H groups in total. The Morgan fingerprint density at radius 1 is 1.33 bits per heavy atom. The van der Waals surface area contributed by atoms with Crippen molar-refractivity contribution in [2.45, 2.75) is 50.3 Å². The molecule has 1 aromatic rings. The van der Waals surface area contributed by atoms with Crippen LogP contribution in [0.5, 0.6) is 0 Å². The Labute approximate surface area is 127 Å². The van der Waals surface area contributed by atoms with Crippen LogP contribution in [0.25, 0.3) is 0 Å². The van der Waals surface area contributed by atoms with Crippen molar-refractivity contribution in [3.05, 3.63) is 18.3 Å². The number of rotatable bonds is 8. The highest BCUT2D eigenvalue weighted by atomic mass is 32.2. The van der Waals surface area contributed by atoms with Gasteiger partial charge in [0.1, 0.15) is 5.82 Å². The van der Waals surface area contributed by atoms with E-state index < -0.39 is 10.0 Å². The predicted octanol–water partition coefficient (Wildman–Crippen LogP) is 2.76. The molecular formula is C15H25N3O2S. The fraction of sp³-hybridized carbons (Fsp3) is 0.667. The summed E-state index contributed by atoms with van der Waals surface area (Å²) < 4.78 is 27.1. The summed E-state index contributed by atoms with van der Waals surface area (Å²) in [5.41, 5.74) is 0. The molecule has 2 rings (SSSR count). The lowest BCUT2D eigenvalue weighted by molar-refractivity contribution is 0.480. The molecule has 0 aromatic carbocycles. The first-order chi connectivity index (χ1) is 10.1. The fourth-order valence-corrected chi connectivity index (χ4v) is 3.92. The lowest BCUT2D eigenvalue weighted by Crippen LogP contribution is -2.25. The van der Waals surface area contributed by atoms with Gasteiger partial charge in [-0.25, -0.2) is 18.1 Å². The molecule has 0 amide bonds. The Bertz CT molecular complexity index is 540. The second kappa shape index (κ2) is 7.75. The van der Waals surface area contributed by atoms with E-state index in [-0.39, 0.29) is 4.90 Å². The SMILES string of the molecule is CCNc1cc(S(=O)(=O)NCCCC2CCCC2)ccn1. The number of pyridine rings is 1. The number of sulfonamides is 1. The summed E-state index contributed by atoms with van der Waals surface area (Å²) in [6.45, 7) is 3.17. The maximum atomic E-state index is 12.2. The summed E-state index contributed by atoms with van der Waals surface area (Å²) in [4.78, 5) is 4.36. The van der Waals surface area contributed by atoms with Gasteiger partial charge in [-0.3, -0.25) is 0 Å². The van der Waals surface area contributed by atoms with E-state index in [4.69, 9.17) is 0 Å². The Hall–Kier alpha value is -1.14. The minimum Gasteiger partial charge on any atom is -0.370 e. The van der Waals surface area contributed by atoms with E-state index in [1.54, 1.807) is 6.07 Å². The van der Waals surface area contributed by atoms with Crippen LogP contribution in [0.1, 0.15) is 45.4 Å². The van der Waals surface area contributed by atoms with Gasteiger partial charge in [-0.05, 0) is 31.7 Å². The van der Waals surface area contributed by atoms with Gasteiger partial charge in [0.2, 0.25) is 10.0 Å². The number of hydrogen-bond donors (Lipinski definition) is 2. The maximum Gasteiger partial charge on any atom is 0.240 e. The Kier molecular flexibility index (Phi) is 5.99. The van der Waals surface area contributed by atoms with E-state index in [0.717, 1.165) is 18.8 Å². The number of anilines is 1. The maximum absolute atomic E-state index is 12.2. The van der Waals surface area contributed by atoms with Crippen LogP contribution in [0.3, 0.4) is 0 Å². The molecule has 0 saturated heterocycles. The van der Waals surface area contributed by atoms with E-state index in [0.29, 0.717) is 18.9 Å². The molecule has 1 fully saturated rings. The highest BCUT2D eigenvalue weighted by Gasteiger charge is 2.16. The molecule has 0 aliphatic heterocycles. The largest absolute Gasteiger partial charge is 0.370 e. The molecule has 0 bridgehead atoms. The quantitative estimate of drug-likeness (QED) is 0.724. The molecule has 1 aliphatic carbocycles. The van der Waals surface area contributed by atoms with Crippen LogP contribution >= 0.6 is 0 Å². The molecule has 0 radical (unpaired) electrons. The van der Waals surface area contributed by atoms with Crippen LogP contribution in [0.4, 0.5) is 5.82 Å². The molecule has 5 nitrogen and oxygen atoms in total. The minimum atomic E-state index is -3.43. The van der Waals surface area contributed by atoms with Crippen molar-refractivity contribution in [1.29, 1.82) is 0 Å². The van der Waals surface area contributed by atoms with E-state index in [2.05, 4.69) is 15.0 Å². The monoisotopic (exact) mass is 311 g/mol. The van der Waals surface area contributed by atoms with Crippen LogP contribution in [0, 0.1) is 5.92 Å². The van der Waals surface area contributed by atoms with Crippen molar-refractivity contribution in [2.24, 2.45) is 5.92 Å². The second-order valence-corrected chi connectivity index (χ2v) is 7.36. The van der Waals surface area contributed by atoms with Crippen LogP contribution in [-0.2, 0) is 10.0 Å². The third-order valence-corrected chi connectivity index (χ3v) is 5.41. The van der Waals surface area contributed by atoms with Crippen molar-refractivity contribution in [3.63, 3.8) is 0 Å². The molecule has 0 atom stereocenters. The van der Waals surface area contributed by atoms with Crippen LogP contribution < -0.4 is 10.0 Å². The highest BCUT2D eigenvalue weighted by molar-refractivity contribution is 7.89. The van der Waals surface area contributed by atoms with Gasteiger partial charge in [-0.2, -0.15) is 0 Å². The molecule has 1 aromatic heterocycles. The van der Waals surface area contributed by atoms with Gasteiger partial charge in [0.05, 0.1) is 4.90 Å². The number of nitrogens with one attached hydrogen (secondary N) is 2. The van der Waals surface area contributed by atoms with Crippen LogP contribution in [0.2, 0.25) is 0 Å². The van der Waals surface area contributed by atoms with Gasteiger partial charge in [-0.1, -0.05) is 25.7 Å². The van der Waals surface area contributed by atoms with Gasteiger partial charge >= 0.3 is 0 Å². The highest BCUT2D eigenvalue weighted by Crippen LogP contribution is 2.28. The summed E-state index contributed by atoms with van der Waals surface area (Å²) in [5, 5.41) is 3.02. The number of aromatic nitrogens is 1. The Morgan fingerprint density at radius 3 is 2.81 bits per heavy atom. The molecule has 0 unspecified atom stereocenters. The number of hydrogen-bond acceptors (Lipinski definition) is 4.